The lowest BCUT2D eigenvalue weighted by atomic mass is 9.45. The zero-order valence-electron chi connectivity index (χ0n) is 14.1. The van der Waals surface area contributed by atoms with E-state index in [2.05, 4.69) is 19.9 Å². The SMILES string of the molecule is C[C@@]12CC[C@@H](C#N)C[C@@H]1CC[C@H]1[C@H]3CCC(=O)[C@]3(C)CC[C@@H]12. The molecule has 0 aliphatic heterocycles. The molecule has 0 saturated heterocycles. The van der Waals surface area contributed by atoms with Gasteiger partial charge in [-0.15, -0.1) is 0 Å². The average molecular weight is 299 g/mol. The van der Waals surface area contributed by atoms with Gasteiger partial charge in [0.15, 0.2) is 0 Å². The van der Waals surface area contributed by atoms with Gasteiger partial charge in [-0.2, -0.15) is 5.26 Å². The Balaban J connectivity index is 1.62. The van der Waals surface area contributed by atoms with Crippen molar-refractivity contribution in [3.63, 3.8) is 0 Å². The van der Waals surface area contributed by atoms with Crippen LogP contribution in [-0.4, -0.2) is 5.78 Å². The number of rotatable bonds is 0. The second kappa shape index (κ2) is 4.83. The highest BCUT2D eigenvalue weighted by Gasteiger charge is 2.60. The van der Waals surface area contributed by atoms with E-state index in [-0.39, 0.29) is 5.41 Å². The third-order valence-electron chi connectivity index (χ3n) is 8.56. The minimum absolute atomic E-state index is 0.00815. The summed E-state index contributed by atoms with van der Waals surface area (Å²) < 4.78 is 0. The minimum atomic E-state index is 0.00815. The van der Waals surface area contributed by atoms with Crippen LogP contribution in [0.15, 0.2) is 0 Å². The van der Waals surface area contributed by atoms with Crippen molar-refractivity contribution in [2.24, 2.45) is 40.4 Å². The summed E-state index contributed by atoms with van der Waals surface area (Å²) in [5.74, 6) is 3.87. The Bertz CT molecular complexity index is 534. The summed E-state index contributed by atoms with van der Waals surface area (Å²) in [7, 11) is 0. The van der Waals surface area contributed by atoms with Gasteiger partial charge in [-0.3, -0.25) is 4.79 Å². The molecule has 0 bridgehead atoms. The molecule has 0 radical (unpaired) electrons. The molecule has 4 aliphatic rings. The van der Waals surface area contributed by atoms with Crippen molar-refractivity contribution in [3.8, 4) is 6.07 Å². The van der Waals surface area contributed by atoms with Gasteiger partial charge in [-0.05, 0) is 80.5 Å². The fourth-order valence-corrected chi connectivity index (χ4v) is 7.15. The fourth-order valence-electron chi connectivity index (χ4n) is 7.15. The lowest BCUT2D eigenvalue weighted by Crippen LogP contribution is -2.53. The molecule has 4 saturated carbocycles. The van der Waals surface area contributed by atoms with Gasteiger partial charge in [-0.25, -0.2) is 0 Å². The first kappa shape index (κ1) is 14.7. The number of hydrogen-bond donors (Lipinski definition) is 0. The smallest absolute Gasteiger partial charge is 0.139 e. The van der Waals surface area contributed by atoms with Crippen LogP contribution < -0.4 is 0 Å². The van der Waals surface area contributed by atoms with E-state index >= 15 is 0 Å². The van der Waals surface area contributed by atoms with Crippen molar-refractivity contribution in [2.75, 3.05) is 0 Å². The van der Waals surface area contributed by atoms with Crippen molar-refractivity contribution in [3.05, 3.63) is 0 Å². The van der Waals surface area contributed by atoms with Gasteiger partial charge in [-0.1, -0.05) is 13.8 Å². The molecule has 22 heavy (non-hydrogen) atoms. The molecule has 2 heteroatoms. The van der Waals surface area contributed by atoms with E-state index in [4.69, 9.17) is 0 Å². The van der Waals surface area contributed by atoms with Gasteiger partial charge >= 0.3 is 0 Å². The van der Waals surface area contributed by atoms with E-state index in [1.807, 2.05) is 0 Å². The molecule has 7 atom stereocenters. The quantitative estimate of drug-likeness (QED) is 0.648. The van der Waals surface area contributed by atoms with Gasteiger partial charge in [0, 0.05) is 17.8 Å². The van der Waals surface area contributed by atoms with Crippen molar-refractivity contribution in [1.82, 2.24) is 0 Å². The van der Waals surface area contributed by atoms with Crippen LogP contribution in [0.1, 0.15) is 71.6 Å². The number of fused-ring (bicyclic) bond motifs is 5. The van der Waals surface area contributed by atoms with E-state index in [0.717, 1.165) is 49.9 Å². The Kier molecular flexibility index (Phi) is 3.23. The summed E-state index contributed by atoms with van der Waals surface area (Å²) in [6.07, 6.45) is 10.5. The van der Waals surface area contributed by atoms with Crippen LogP contribution in [0.25, 0.3) is 0 Å². The van der Waals surface area contributed by atoms with Gasteiger partial charge in [0.2, 0.25) is 0 Å². The molecular weight excluding hydrogens is 270 g/mol. The summed E-state index contributed by atoms with van der Waals surface area (Å²) in [6.45, 7) is 4.80. The van der Waals surface area contributed by atoms with Gasteiger partial charge < -0.3 is 0 Å². The maximum Gasteiger partial charge on any atom is 0.139 e. The van der Waals surface area contributed by atoms with Gasteiger partial charge in [0.25, 0.3) is 0 Å². The average Bonchev–Trinajstić information content (AvgIpc) is 2.82. The zero-order chi connectivity index (χ0) is 15.5. The molecule has 2 nitrogen and oxygen atoms in total. The van der Waals surface area contributed by atoms with Crippen molar-refractivity contribution in [2.45, 2.75) is 71.6 Å². The molecule has 0 spiro atoms. The maximum absolute atomic E-state index is 12.4. The Hall–Kier alpha value is -0.840. The van der Waals surface area contributed by atoms with Crippen LogP contribution in [0.2, 0.25) is 0 Å². The number of ketones is 1. The molecule has 4 rings (SSSR count). The molecule has 0 aromatic carbocycles. The summed E-state index contributed by atoms with van der Waals surface area (Å²) in [5, 5.41) is 9.30. The normalized spacial score (nSPS) is 54.0. The zero-order valence-corrected chi connectivity index (χ0v) is 14.1. The van der Waals surface area contributed by atoms with Crippen LogP contribution in [0.3, 0.4) is 0 Å². The fraction of sp³-hybridized carbons (Fsp3) is 0.900. The molecule has 0 heterocycles. The Morgan fingerprint density at radius 2 is 1.86 bits per heavy atom. The summed E-state index contributed by atoms with van der Waals surface area (Å²) in [6, 6.07) is 2.53. The third-order valence-corrected chi connectivity index (χ3v) is 8.56. The first-order valence-corrected chi connectivity index (χ1v) is 9.42. The molecule has 0 aromatic rings. The van der Waals surface area contributed by atoms with E-state index < -0.39 is 0 Å². The predicted octanol–water partition coefficient (Wildman–Crippen LogP) is 4.74. The summed E-state index contributed by atoms with van der Waals surface area (Å²) in [4.78, 5) is 12.4. The lowest BCUT2D eigenvalue weighted by Gasteiger charge is -2.60. The minimum Gasteiger partial charge on any atom is -0.299 e. The molecule has 0 unspecified atom stereocenters. The number of carbonyl (C=O) groups is 1. The van der Waals surface area contributed by atoms with Crippen molar-refractivity contribution >= 4 is 5.78 Å². The Labute approximate surface area is 134 Å². The number of carbonyl (C=O) groups excluding carboxylic acids is 1. The molecule has 120 valence electrons. The second-order valence-corrected chi connectivity index (χ2v) is 9.18. The largest absolute Gasteiger partial charge is 0.299 e. The second-order valence-electron chi connectivity index (χ2n) is 9.18. The lowest BCUT2D eigenvalue weighted by molar-refractivity contribution is -0.139. The summed E-state index contributed by atoms with van der Waals surface area (Å²) >= 11 is 0. The first-order valence-electron chi connectivity index (χ1n) is 9.42. The highest BCUT2D eigenvalue weighted by molar-refractivity contribution is 5.87. The van der Waals surface area contributed by atoms with E-state index in [1.165, 1.54) is 25.7 Å². The van der Waals surface area contributed by atoms with Crippen molar-refractivity contribution in [1.29, 1.82) is 5.26 Å². The Morgan fingerprint density at radius 1 is 1.05 bits per heavy atom. The topological polar surface area (TPSA) is 40.9 Å². The first-order chi connectivity index (χ1) is 10.5. The standard InChI is InChI=1S/C20H29NO/c1-19-9-7-13(12-21)11-14(19)3-4-15-16-5-6-18(22)20(16,2)10-8-17(15)19/h13-17H,3-11H2,1-2H3/t13-,14+,15+,16-,17+,19-,20-/m1/s1. The molecule has 0 amide bonds. The number of nitriles is 1. The molecule has 0 aromatic heterocycles. The third kappa shape index (κ3) is 1.81. The van der Waals surface area contributed by atoms with E-state index in [1.54, 1.807) is 0 Å². The number of Topliss-reactive ketones (excluding diaryl/α,β-unsaturated/α-hetero) is 1. The van der Waals surface area contributed by atoms with Gasteiger partial charge in [0.1, 0.15) is 5.78 Å². The van der Waals surface area contributed by atoms with E-state index in [9.17, 15) is 10.1 Å². The van der Waals surface area contributed by atoms with E-state index in [0.29, 0.717) is 23.0 Å². The number of nitrogens with zero attached hydrogens (tertiary/aromatic N) is 1. The highest BCUT2D eigenvalue weighted by atomic mass is 16.1. The Morgan fingerprint density at radius 3 is 2.64 bits per heavy atom. The molecule has 0 N–H and O–H groups in total. The van der Waals surface area contributed by atoms with Crippen LogP contribution in [0.4, 0.5) is 0 Å². The highest BCUT2D eigenvalue weighted by Crippen LogP contribution is 2.65. The molecule has 4 aliphatic carbocycles. The van der Waals surface area contributed by atoms with Crippen LogP contribution in [0.5, 0.6) is 0 Å². The van der Waals surface area contributed by atoms with Crippen LogP contribution in [0, 0.1) is 51.8 Å². The van der Waals surface area contributed by atoms with Gasteiger partial charge in [0.05, 0.1) is 6.07 Å². The summed E-state index contributed by atoms with van der Waals surface area (Å²) in [5.41, 5.74) is 0.456. The number of hydrogen-bond acceptors (Lipinski definition) is 2. The van der Waals surface area contributed by atoms with Crippen LogP contribution in [-0.2, 0) is 4.79 Å². The predicted molar refractivity (Wildman–Crippen MR) is 85.8 cm³/mol. The van der Waals surface area contributed by atoms with Crippen molar-refractivity contribution < 1.29 is 4.79 Å². The molecular formula is C20H29NO. The monoisotopic (exact) mass is 299 g/mol. The van der Waals surface area contributed by atoms with Crippen LogP contribution >= 0.6 is 0 Å². The maximum atomic E-state index is 12.4. The molecule has 4 fully saturated rings.